The minimum Gasteiger partial charge on any atom is -0.341 e. The molecule has 3 aliphatic heterocycles. The zero-order valence-corrected chi connectivity index (χ0v) is 18.3. The molecule has 7 nitrogen and oxygen atoms in total. The summed E-state index contributed by atoms with van der Waals surface area (Å²) in [5.74, 6) is -0.0978. The molecule has 3 aliphatic rings. The molecule has 1 aromatic carbocycles. The van der Waals surface area contributed by atoms with Gasteiger partial charge in [0.25, 0.3) is 0 Å². The van der Waals surface area contributed by atoms with E-state index in [9.17, 15) is 18.0 Å². The zero-order valence-electron chi connectivity index (χ0n) is 17.5. The van der Waals surface area contributed by atoms with Crippen molar-refractivity contribution in [2.75, 3.05) is 37.6 Å². The molecule has 0 aromatic heterocycles. The summed E-state index contributed by atoms with van der Waals surface area (Å²) in [5.41, 5.74) is 1.52. The number of sulfonamides is 1. The molecule has 2 fully saturated rings. The highest BCUT2D eigenvalue weighted by molar-refractivity contribution is 7.89. The Hall–Kier alpha value is -1.93. The van der Waals surface area contributed by atoms with Crippen molar-refractivity contribution in [2.24, 2.45) is 0 Å². The quantitative estimate of drug-likeness (QED) is 0.731. The first-order valence-electron chi connectivity index (χ1n) is 11.2. The molecule has 8 heteroatoms. The molecular weight excluding hydrogens is 402 g/mol. The number of carbonyl (C=O) groups excluding carboxylic acids is 2. The second kappa shape index (κ2) is 9.06. The highest BCUT2D eigenvalue weighted by atomic mass is 32.2. The third-order valence-electron chi connectivity index (χ3n) is 6.43. The molecule has 3 heterocycles. The largest absolute Gasteiger partial charge is 0.341 e. The molecule has 2 saturated heterocycles. The van der Waals surface area contributed by atoms with Gasteiger partial charge in [0, 0.05) is 38.3 Å². The lowest BCUT2D eigenvalue weighted by molar-refractivity contribution is -0.130. The summed E-state index contributed by atoms with van der Waals surface area (Å²) in [6.45, 7) is 2.66. The monoisotopic (exact) mass is 433 g/mol. The maximum atomic E-state index is 13.2. The minimum atomic E-state index is -3.54. The number of anilines is 1. The number of benzene rings is 1. The number of hydrogen-bond acceptors (Lipinski definition) is 4. The molecule has 0 atom stereocenters. The van der Waals surface area contributed by atoms with Gasteiger partial charge in [-0.15, -0.1) is 0 Å². The summed E-state index contributed by atoms with van der Waals surface area (Å²) in [4.78, 5) is 29.1. The molecule has 0 saturated carbocycles. The minimum absolute atomic E-state index is 0.0318. The lowest BCUT2D eigenvalue weighted by Crippen LogP contribution is -2.42. The molecule has 30 heavy (non-hydrogen) atoms. The maximum Gasteiger partial charge on any atom is 0.243 e. The summed E-state index contributed by atoms with van der Waals surface area (Å²) in [5, 5.41) is 0. The Labute approximate surface area is 179 Å². The van der Waals surface area contributed by atoms with E-state index in [1.807, 2.05) is 4.90 Å². The van der Waals surface area contributed by atoms with Gasteiger partial charge in [0.05, 0.1) is 4.90 Å². The molecule has 164 valence electrons. The number of aryl methyl sites for hydroxylation is 1. The molecule has 0 spiro atoms. The Bertz CT molecular complexity index is 901. The number of carbonyl (C=O) groups is 2. The summed E-state index contributed by atoms with van der Waals surface area (Å²) in [6.07, 6.45) is 7.61. The van der Waals surface area contributed by atoms with Crippen molar-refractivity contribution in [3.05, 3.63) is 23.8 Å². The molecule has 0 aliphatic carbocycles. The van der Waals surface area contributed by atoms with E-state index in [0.29, 0.717) is 42.9 Å². The first-order chi connectivity index (χ1) is 14.5. The molecule has 0 N–H and O–H groups in total. The van der Waals surface area contributed by atoms with E-state index in [2.05, 4.69) is 0 Å². The Morgan fingerprint density at radius 3 is 2.23 bits per heavy atom. The average molecular weight is 434 g/mol. The first-order valence-corrected chi connectivity index (χ1v) is 12.6. The van der Waals surface area contributed by atoms with Gasteiger partial charge in [0.15, 0.2) is 0 Å². The second-order valence-corrected chi connectivity index (χ2v) is 10.5. The average Bonchev–Trinajstić information content (AvgIpc) is 3.06. The van der Waals surface area contributed by atoms with Crippen LogP contribution in [-0.2, 0) is 26.0 Å². The molecule has 0 unspecified atom stereocenters. The fourth-order valence-electron chi connectivity index (χ4n) is 4.69. The van der Waals surface area contributed by atoms with Gasteiger partial charge in [0.1, 0.15) is 6.54 Å². The zero-order chi connectivity index (χ0) is 21.1. The lowest BCUT2D eigenvalue weighted by Gasteiger charge is -2.26. The topological polar surface area (TPSA) is 78.0 Å². The van der Waals surface area contributed by atoms with Crippen molar-refractivity contribution < 1.29 is 18.0 Å². The molecule has 0 radical (unpaired) electrons. The van der Waals surface area contributed by atoms with E-state index < -0.39 is 10.0 Å². The summed E-state index contributed by atoms with van der Waals surface area (Å²) < 4.78 is 28.0. The van der Waals surface area contributed by atoms with Crippen LogP contribution in [0.25, 0.3) is 0 Å². The Morgan fingerprint density at radius 2 is 1.53 bits per heavy atom. The fraction of sp³-hybridized carbons (Fsp3) is 0.636. The van der Waals surface area contributed by atoms with Gasteiger partial charge in [0.2, 0.25) is 21.8 Å². The van der Waals surface area contributed by atoms with Gasteiger partial charge in [-0.2, -0.15) is 4.31 Å². The van der Waals surface area contributed by atoms with Gasteiger partial charge < -0.3 is 9.80 Å². The third kappa shape index (κ3) is 4.39. The molecule has 0 bridgehead atoms. The lowest BCUT2D eigenvalue weighted by atomic mass is 10.1. The highest BCUT2D eigenvalue weighted by Crippen LogP contribution is 2.31. The van der Waals surface area contributed by atoms with Crippen LogP contribution in [-0.4, -0.2) is 62.2 Å². The van der Waals surface area contributed by atoms with E-state index in [1.54, 1.807) is 27.4 Å². The van der Waals surface area contributed by atoms with Crippen molar-refractivity contribution in [1.29, 1.82) is 0 Å². The van der Waals surface area contributed by atoms with Crippen molar-refractivity contribution in [3.63, 3.8) is 0 Å². The van der Waals surface area contributed by atoms with Gasteiger partial charge in [-0.25, -0.2) is 8.42 Å². The molecular formula is C22H31N3O4S. The summed E-state index contributed by atoms with van der Waals surface area (Å²) >= 11 is 0. The SMILES string of the molecule is O=C(CN1C(=O)CCCc2cc(S(=O)(=O)N3CCCCCC3)ccc21)N1CCCC1. The van der Waals surface area contributed by atoms with Gasteiger partial charge in [-0.05, 0) is 62.3 Å². The van der Waals surface area contributed by atoms with Crippen LogP contribution in [0.4, 0.5) is 5.69 Å². The molecule has 1 aromatic rings. The van der Waals surface area contributed by atoms with Gasteiger partial charge in [-0.1, -0.05) is 12.8 Å². The van der Waals surface area contributed by atoms with E-state index in [1.165, 1.54) is 0 Å². The number of fused-ring (bicyclic) bond motifs is 1. The van der Waals surface area contributed by atoms with Crippen molar-refractivity contribution in [3.8, 4) is 0 Å². The van der Waals surface area contributed by atoms with Crippen LogP contribution in [0.3, 0.4) is 0 Å². The number of amides is 2. The van der Waals surface area contributed by atoms with Gasteiger partial charge >= 0.3 is 0 Å². The number of rotatable bonds is 4. The normalized spacial score (nSPS) is 21.3. The predicted octanol–water partition coefficient (Wildman–Crippen LogP) is 2.54. The first kappa shape index (κ1) is 21.3. The predicted molar refractivity (Wildman–Crippen MR) is 115 cm³/mol. The number of nitrogens with zero attached hydrogens (tertiary/aromatic N) is 3. The summed E-state index contributed by atoms with van der Waals surface area (Å²) in [6, 6.07) is 5.05. The maximum absolute atomic E-state index is 13.2. The highest BCUT2D eigenvalue weighted by Gasteiger charge is 2.30. The Balaban J connectivity index is 1.60. The fourth-order valence-corrected chi connectivity index (χ4v) is 6.26. The van der Waals surface area contributed by atoms with Crippen LogP contribution in [0, 0.1) is 0 Å². The van der Waals surface area contributed by atoms with Crippen molar-refractivity contribution in [2.45, 2.75) is 62.7 Å². The van der Waals surface area contributed by atoms with Crippen molar-refractivity contribution in [1.82, 2.24) is 9.21 Å². The van der Waals surface area contributed by atoms with Crippen LogP contribution in [0.15, 0.2) is 23.1 Å². The van der Waals surface area contributed by atoms with E-state index in [0.717, 1.165) is 57.2 Å². The van der Waals surface area contributed by atoms with Crippen LogP contribution in [0.2, 0.25) is 0 Å². The summed E-state index contributed by atoms with van der Waals surface area (Å²) in [7, 11) is -3.54. The van der Waals surface area contributed by atoms with E-state index in [4.69, 9.17) is 0 Å². The smallest absolute Gasteiger partial charge is 0.243 e. The number of likely N-dealkylation sites (tertiary alicyclic amines) is 1. The van der Waals surface area contributed by atoms with Crippen LogP contribution in [0.5, 0.6) is 0 Å². The molecule has 4 rings (SSSR count). The second-order valence-electron chi connectivity index (χ2n) is 8.53. The standard InChI is InChI=1S/C22H31N3O4S/c26-21-9-7-8-18-16-19(30(28,29)24-14-3-1-2-4-15-24)10-11-20(18)25(21)17-22(27)23-12-5-6-13-23/h10-11,16H,1-9,12-15,17H2. The number of hydrogen-bond donors (Lipinski definition) is 0. The van der Waals surface area contributed by atoms with E-state index >= 15 is 0 Å². The van der Waals surface area contributed by atoms with Crippen molar-refractivity contribution >= 4 is 27.5 Å². The third-order valence-corrected chi connectivity index (χ3v) is 8.33. The molecule has 2 amide bonds. The Morgan fingerprint density at radius 1 is 0.867 bits per heavy atom. The van der Waals surface area contributed by atoms with Crippen LogP contribution in [0.1, 0.15) is 56.9 Å². The Kier molecular flexibility index (Phi) is 6.43. The van der Waals surface area contributed by atoms with Crippen LogP contribution < -0.4 is 4.90 Å². The van der Waals surface area contributed by atoms with Crippen LogP contribution >= 0.6 is 0 Å². The van der Waals surface area contributed by atoms with Gasteiger partial charge in [-0.3, -0.25) is 9.59 Å². The van der Waals surface area contributed by atoms with E-state index in [-0.39, 0.29) is 18.4 Å².